The summed E-state index contributed by atoms with van der Waals surface area (Å²) in [5.74, 6) is 2.32. The molecule has 0 saturated heterocycles. The molecule has 96 valence electrons. The summed E-state index contributed by atoms with van der Waals surface area (Å²) in [5.41, 5.74) is 0.986. The molecule has 1 aromatic heterocycles. The van der Waals surface area contributed by atoms with Gasteiger partial charge in [0.25, 0.3) is 0 Å². The summed E-state index contributed by atoms with van der Waals surface area (Å²) in [6, 6.07) is 0. The van der Waals surface area contributed by atoms with Gasteiger partial charge in [0.05, 0.1) is 11.7 Å². The second kappa shape index (κ2) is 6.42. The van der Waals surface area contributed by atoms with Gasteiger partial charge in [0.15, 0.2) is 0 Å². The van der Waals surface area contributed by atoms with E-state index in [-0.39, 0.29) is 6.10 Å². The highest BCUT2D eigenvalue weighted by atomic mass is 16.5. The van der Waals surface area contributed by atoms with Crippen LogP contribution in [0, 0.1) is 13.8 Å². The van der Waals surface area contributed by atoms with Gasteiger partial charge in [0, 0.05) is 6.54 Å². The summed E-state index contributed by atoms with van der Waals surface area (Å²) >= 11 is 0. The lowest BCUT2D eigenvalue weighted by molar-refractivity contribution is 0.199. The number of aromatic nitrogens is 2. The van der Waals surface area contributed by atoms with Crippen molar-refractivity contribution in [3.63, 3.8) is 0 Å². The molecule has 1 N–H and O–H groups in total. The van der Waals surface area contributed by atoms with Crippen LogP contribution in [0.25, 0.3) is 0 Å². The molecule has 1 heterocycles. The van der Waals surface area contributed by atoms with Crippen LogP contribution < -0.4 is 10.1 Å². The van der Waals surface area contributed by atoms with E-state index in [1.807, 2.05) is 13.8 Å². The van der Waals surface area contributed by atoms with E-state index in [0.717, 1.165) is 36.6 Å². The molecule has 0 aliphatic carbocycles. The molecule has 0 amide bonds. The zero-order chi connectivity index (χ0) is 12.8. The third-order valence-electron chi connectivity index (χ3n) is 2.57. The highest BCUT2D eigenvalue weighted by molar-refractivity contribution is 5.48. The SMILES string of the molecule is CCCC(C)Oc1nc(C)nc(NCC)c1C. The average molecular weight is 237 g/mol. The van der Waals surface area contributed by atoms with Gasteiger partial charge in [0.2, 0.25) is 5.88 Å². The standard InChI is InChI=1S/C13H23N3O/c1-6-8-9(3)17-13-10(4)12(14-7-2)15-11(5)16-13/h9H,6-8H2,1-5H3,(H,14,15,16). The van der Waals surface area contributed by atoms with Gasteiger partial charge >= 0.3 is 0 Å². The van der Waals surface area contributed by atoms with E-state index in [0.29, 0.717) is 5.88 Å². The first-order valence-corrected chi connectivity index (χ1v) is 6.34. The quantitative estimate of drug-likeness (QED) is 0.826. The molecule has 1 aromatic rings. The number of hydrogen-bond acceptors (Lipinski definition) is 4. The normalized spacial score (nSPS) is 12.3. The molecular weight excluding hydrogens is 214 g/mol. The van der Waals surface area contributed by atoms with Crippen molar-refractivity contribution in [3.8, 4) is 5.88 Å². The summed E-state index contributed by atoms with van der Waals surface area (Å²) in [6.07, 6.45) is 2.35. The van der Waals surface area contributed by atoms with Gasteiger partial charge in [0.1, 0.15) is 11.6 Å². The molecule has 0 aliphatic heterocycles. The first-order valence-electron chi connectivity index (χ1n) is 6.34. The van der Waals surface area contributed by atoms with Crippen molar-refractivity contribution in [2.45, 2.75) is 53.6 Å². The Labute approximate surface area is 104 Å². The van der Waals surface area contributed by atoms with Gasteiger partial charge in [-0.05, 0) is 34.1 Å². The van der Waals surface area contributed by atoms with E-state index in [1.54, 1.807) is 0 Å². The van der Waals surface area contributed by atoms with Crippen LogP contribution in [0.2, 0.25) is 0 Å². The molecule has 4 nitrogen and oxygen atoms in total. The van der Waals surface area contributed by atoms with Gasteiger partial charge in [-0.2, -0.15) is 4.98 Å². The molecule has 0 spiro atoms. The Kier molecular flexibility index (Phi) is 5.19. The van der Waals surface area contributed by atoms with Crippen LogP contribution in [0.3, 0.4) is 0 Å². The Balaban J connectivity index is 2.90. The van der Waals surface area contributed by atoms with E-state index in [4.69, 9.17) is 4.74 Å². The molecule has 0 fully saturated rings. The molecule has 0 saturated carbocycles. The van der Waals surface area contributed by atoms with Crippen LogP contribution in [-0.4, -0.2) is 22.6 Å². The molecule has 1 atom stereocenters. The molecule has 0 bridgehead atoms. The molecule has 1 unspecified atom stereocenters. The fourth-order valence-electron chi connectivity index (χ4n) is 1.71. The third-order valence-corrected chi connectivity index (χ3v) is 2.57. The topological polar surface area (TPSA) is 47.0 Å². The fourth-order valence-corrected chi connectivity index (χ4v) is 1.71. The first-order chi connectivity index (χ1) is 8.08. The Morgan fingerprint density at radius 2 is 1.94 bits per heavy atom. The second-order valence-electron chi connectivity index (χ2n) is 4.30. The molecule has 1 rings (SSSR count). The minimum absolute atomic E-state index is 0.197. The molecule has 17 heavy (non-hydrogen) atoms. The number of aryl methyl sites for hydroxylation is 1. The molecule has 0 aliphatic rings. The monoisotopic (exact) mass is 237 g/mol. The van der Waals surface area contributed by atoms with Gasteiger partial charge in [-0.1, -0.05) is 13.3 Å². The number of nitrogens with zero attached hydrogens (tertiary/aromatic N) is 2. The number of rotatable bonds is 6. The lowest BCUT2D eigenvalue weighted by Gasteiger charge is -2.17. The first kappa shape index (κ1) is 13.7. The highest BCUT2D eigenvalue weighted by Gasteiger charge is 2.12. The number of ether oxygens (including phenoxy) is 1. The number of hydrogen-bond donors (Lipinski definition) is 1. The van der Waals surface area contributed by atoms with Crippen LogP contribution in [0.15, 0.2) is 0 Å². The molecule has 0 radical (unpaired) electrons. The molecular formula is C13H23N3O. The number of anilines is 1. The minimum Gasteiger partial charge on any atom is -0.474 e. The Hall–Kier alpha value is -1.32. The van der Waals surface area contributed by atoms with Gasteiger partial charge in [-0.3, -0.25) is 0 Å². The maximum atomic E-state index is 5.86. The van der Waals surface area contributed by atoms with Crippen molar-refractivity contribution in [3.05, 3.63) is 11.4 Å². The summed E-state index contributed by atoms with van der Waals surface area (Å²) in [5, 5.41) is 3.23. The smallest absolute Gasteiger partial charge is 0.222 e. The fraction of sp³-hybridized carbons (Fsp3) is 0.692. The lowest BCUT2D eigenvalue weighted by Crippen LogP contribution is -2.15. The molecule has 0 aromatic carbocycles. The Morgan fingerprint density at radius 3 is 2.53 bits per heavy atom. The summed E-state index contributed by atoms with van der Waals surface area (Å²) in [7, 11) is 0. The van der Waals surface area contributed by atoms with Crippen molar-refractivity contribution in [2.24, 2.45) is 0 Å². The van der Waals surface area contributed by atoms with Crippen LogP contribution in [0.1, 0.15) is 45.0 Å². The average Bonchev–Trinajstić information content (AvgIpc) is 2.25. The van der Waals surface area contributed by atoms with E-state index < -0.39 is 0 Å². The van der Waals surface area contributed by atoms with Gasteiger partial charge < -0.3 is 10.1 Å². The van der Waals surface area contributed by atoms with Gasteiger partial charge in [-0.25, -0.2) is 4.98 Å². The Morgan fingerprint density at radius 1 is 1.24 bits per heavy atom. The van der Waals surface area contributed by atoms with E-state index in [2.05, 4.69) is 36.1 Å². The van der Waals surface area contributed by atoms with Crippen molar-refractivity contribution in [1.29, 1.82) is 0 Å². The number of nitrogens with one attached hydrogen (secondary N) is 1. The van der Waals surface area contributed by atoms with Crippen molar-refractivity contribution >= 4 is 5.82 Å². The summed E-state index contributed by atoms with van der Waals surface area (Å²) < 4.78 is 5.86. The zero-order valence-corrected chi connectivity index (χ0v) is 11.5. The highest BCUT2D eigenvalue weighted by Crippen LogP contribution is 2.23. The van der Waals surface area contributed by atoms with Crippen LogP contribution in [-0.2, 0) is 0 Å². The maximum absolute atomic E-state index is 5.86. The van der Waals surface area contributed by atoms with Crippen molar-refractivity contribution < 1.29 is 4.74 Å². The zero-order valence-electron chi connectivity index (χ0n) is 11.5. The van der Waals surface area contributed by atoms with E-state index in [9.17, 15) is 0 Å². The van der Waals surface area contributed by atoms with Crippen LogP contribution >= 0.6 is 0 Å². The van der Waals surface area contributed by atoms with E-state index >= 15 is 0 Å². The van der Waals surface area contributed by atoms with E-state index in [1.165, 1.54) is 0 Å². The Bertz CT molecular complexity index is 366. The largest absolute Gasteiger partial charge is 0.474 e. The minimum atomic E-state index is 0.197. The maximum Gasteiger partial charge on any atom is 0.222 e. The predicted octanol–water partition coefficient (Wildman–Crippen LogP) is 3.09. The predicted molar refractivity (Wildman–Crippen MR) is 70.7 cm³/mol. The van der Waals surface area contributed by atoms with Crippen molar-refractivity contribution in [2.75, 3.05) is 11.9 Å². The summed E-state index contributed by atoms with van der Waals surface area (Å²) in [6.45, 7) is 11.0. The molecule has 4 heteroatoms. The van der Waals surface area contributed by atoms with Crippen LogP contribution in [0.5, 0.6) is 5.88 Å². The summed E-state index contributed by atoms with van der Waals surface area (Å²) in [4.78, 5) is 8.74. The van der Waals surface area contributed by atoms with Crippen LogP contribution in [0.4, 0.5) is 5.82 Å². The van der Waals surface area contributed by atoms with Crippen molar-refractivity contribution in [1.82, 2.24) is 9.97 Å². The lowest BCUT2D eigenvalue weighted by atomic mass is 10.2. The van der Waals surface area contributed by atoms with Gasteiger partial charge in [-0.15, -0.1) is 0 Å². The third kappa shape index (κ3) is 3.88. The second-order valence-corrected chi connectivity index (χ2v) is 4.30.